The summed E-state index contributed by atoms with van der Waals surface area (Å²) in [7, 11) is 1.22. The number of furan rings is 1. The van der Waals surface area contributed by atoms with Crippen molar-refractivity contribution in [3.63, 3.8) is 0 Å². The van der Waals surface area contributed by atoms with Gasteiger partial charge in [-0.1, -0.05) is 17.7 Å². The monoisotopic (exact) mass is 393 g/mol. The van der Waals surface area contributed by atoms with Gasteiger partial charge >= 0.3 is 5.97 Å². The van der Waals surface area contributed by atoms with Gasteiger partial charge in [-0.2, -0.15) is 0 Å². The van der Waals surface area contributed by atoms with Gasteiger partial charge in [-0.15, -0.1) is 0 Å². The fourth-order valence-electron chi connectivity index (χ4n) is 2.23. The summed E-state index contributed by atoms with van der Waals surface area (Å²) < 4.78 is 9.82. The van der Waals surface area contributed by atoms with Crippen molar-refractivity contribution in [2.24, 2.45) is 0 Å². The molecule has 7 nitrogen and oxygen atoms in total. The minimum Gasteiger partial charge on any atom is -0.506 e. The number of esters is 1. The number of carbonyl (C=O) groups excluding carboxylic acids is 3. The number of rotatable bonds is 4. The second-order valence-corrected chi connectivity index (χ2v) is 6.64. The van der Waals surface area contributed by atoms with Crippen LogP contribution in [0.1, 0.15) is 21.9 Å². The van der Waals surface area contributed by atoms with Gasteiger partial charge in [0.15, 0.2) is 0 Å². The number of phenolic OH excluding ortho intramolecular Hbond substituents is 1. The van der Waals surface area contributed by atoms with E-state index in [1.165, 1.54) is 37.5 Å². The van der Waals surface area contributed by atoms with Crippen molar-refractivity contribution in [3.8, 4) is 5.75 Å². The van der Waals surface area contributed by atoms with E-state index in [1.54, 1.807) is 6.07 Å². The number of hydrogen-bond donors (Lipinski definition) is 1. The molecule has 1 aromatic heterocycles. The zero-order valence-electron chi connectivity index (χ0n) is 13.4. The number of thioether (sulfide) groups is 1. The Labute approximate surface area is 157 Å². The Morgan fingerprint density at radius 3 is 2.81 bits per heavy atom. The molecule has 2 aromatic rings. The van der Waals surface area contributed by atoms with E-state index in [4.69, 9.17) is 16.0 Å². The van der Waals surface area contributed by atoms with Crippen LogP contribution >= 0.6 is 23.4 Å². The second-order valence-electron chi connectivity index (χ2n) is 5.24. The fourth-order valence-corrected chi connectivity index (χ4v) is 3.26. The van der Waals surface area contributed by atoms with Crippen molar-refractivity contribution in [3.05, 3.63) is 57.3 Å². The van der Waals surface area contributed by atoms with Crippen LogP contribution in [0.5, 0.6) is 5.75 Å². The average Bonchev–Trinajstić information content (AvgIpc) is 3.18. The van der Waals surface area contributed by atoms with E-state index >= 15 is 0 Å². The summed E-state index contributed by atoms with van der Waals surface area (Å²) in [6.45, 7) is -0.102. The van der Waals surface area contributed by atoms with Crippen molar-refractivity contribution < 1.29 is 28.6 Å². The summed E-state index contributed by atoms with van der Waals surface area (Å²) in [6.07, 6.45) is 1.51. The van der Waals surface area contributed by atoms with Crippen molar-refractivity contribution in [2.45, 2.75) is 6.54 Å². The number of hydrogen-bond acceptors (Lipinski definition) is 7. The number of aromatic hydroxyl groups is 1. The van der Waals surface area contributed by atoms with Crippen molar-refractivity contribution in [2.75, 3.05) is 7.11 Å². The molecular formula is C17H12ClNO6S. The molecule has 1 aromatic carbocycles. The van der Waals surface area contributed by atoms with Gasteiger partial charge in [-0.3, -0.25) is 14.5 Å². The molecule has 1 fully saturated rings. The smallest absolute Gasteiger partial charge is 0.373 e. The minimum absolute atomic E-state index is 0.0104. The Balaban J connectivity index is 1.78. The van der Waals surface area contributed by atoms with Crippen molar-refractivity contribution >= 4 is 46.6 Å². The summed E-state index contributed by atoms with van der Waals surface area (Å²) in [5.74, 6) is -0.934. The molecule has 26 heavy (non-hydrogen) atoms. The van der Waals surface area contributed by atoms with E-state index in [0.717, 1.165) is 16.7 Å². The predicted octanol–water partition coefficient (Wildman–Crippen LogP) is 3.66. The molecule has 9 heteroatoms. The molecule has 134 valence electrons. The number of phenols is 1. The minimum atomic E-state index is -0.644. The first-order valence-corrected chi connectivity index (χ1v) is 8.49. The molecule has 1 aliphatic heterocycles. The number of methoxy groups -OCH3 is 1. The maximum atomic E-state index is 12.5. The van der Waals surface area contributed by atoms with Crippen LogP contribution in [0.15, 0.2) is 39.7 Å². The summed E-state index contributed by atoms with van der Waals surface area (Å²) in [5, 5.41) is 9.12. The van der Waals surface area contributed by atoms with Crippen LogP contribution < -0.4 is 0 Å². The number of nitrogens with zero attached hydrogens (tertiary/aromatic N) is 1. The Morgan fingerprint density at radius 1 is 1.35 bits per heavy atom. The Bertz CT molecular complexity index is 935. The highest BCUT2D eigenvalue weighted by molar-refractivity contribution is 8.18. The Morgan fingerprint density at radius 2 is 2.12 bits per heavy atom. The SMILES string of the molecule is COC(=O)c1ccc(CN2C(=O)S/C(=C/c3ccc(O)c(Cl)c3)C2=O)o1. The Kier molecular flexibility index (Phi) is 5.06. The molecule has 0 spiro atoms. The predicted molar refractivity (Wildman–Crippen MR) is 94.7 cm³/mol. The topological polar surface area (TPSA) is 97.0 Å². The summed E-state index contributed by atoms with van der Waals surface area (Å²) in [4.78, 5) is 37.2. The van der Waals surface area contributed by atoms with Gasteiger partial charge in [0.05, 0.1) is 23.6 Å². The van der Waals surface area contributed by atoms with E-state index in [1.807, 2.05) is 0 Å². The number of imide groups is 1. The standard InChI is InChI=1S/C17H12ClNO6S/c1-24-16(22)13-5-3-10(25-13)8-19-15(21)14(26-17(19)23)7-9-2-4-12(20)11(18)6-9/h2-7,20H,8H2,1H3/b14-7+. The molecule has 0 radical (unpaired) electrons. The zero-order valence-corrected chi connectivity index (χ0v) is 15.0. The van der Waals surface area contributed by atoms with Crippen LogP contribution in [-0.4, -0.2) is 34.2 Å². The summed E-state index contributed by atoms with van der Waals surface area (Å²) in [6, 6.07) is 7.37. The van der Waals surface area contributed by atoms with Crippen LogP contribution in [0.3, 0.4) is 0 Å². The highest BCUT2D eigenvalue weighted by atomic mass is 35.5. The first kappa shape index (κ1) is 18.1. The summed E-state index contributed by atoms with van der Waals surface area (Å²) >= 11 is 6.62. The zero-order chi connectivity index (χ0) is 18.8. The Hall–Kier alpha value is -2.71. The van der Waals surface area contributed by atoms with Gasteiger partial charge < -0.3 is 14.3 Å². The number of amides is 2. The van der Waals surface area contributed by atoms with E-state index < -0.39 is 17.1 Å². The van der Waals surface area contributed by atoms with Gasteiger partial charge in [-0.05, 0) is 47.7 Å². The van der Waals surface area contributed by atoms with Crippen LogP contribution in [0.4, 0.5) is 4.79 Å². The number of ether oxygens (including phenoxy) is 1. The molecule has 1 aliphatic rings. The van der Waals surface area contributed by atoms with Crippen LogP contribution in [0.2, 0.25) is 5.02 Å². The quantitative estimate of drug-likeness (QED) is 0.625. The molecule has 1 N–H and O–H groups in total. The number of halogens is 1. The van der Waals surface area contributed by atoms with Gasteiger partial charge in [0.1, 0.15) is 11.5 Å². The molecule has 0 bridgehead atoms. The number of benzene rings is 1. The molecule has 3 rings (SSSR count). The van der Waals surface area contributed by atoms with Crippen molar-refractivity contribution in [1.29, 1.82) is 0 Å². The maximum absolute atomic E-state index is 12.5. The highest BCUT2D eigenvalue weighted by Crippen LogP contribution is 2.34. The third-order valence-corrected chi connectivity index (χ3v) is 4.72. The van der Waals surface area contributed by atoms with E-state index in [-0.39, 0.29) is 33.7 Å². The maximum Gasteiger partial charge on any atom is 0.373 e. The average molecular weight is 394 g/mol. The molecule has 1 saturated heterocycles. The van der Waals surface area contributed by atoms with Gasteiger partial charge in [-0.25, -0.2) is 4.79 Å². The van der Waals surface area contributed by atoms with Crippen LogP contribution in [0, 0.1) is 0 Å². The molecule has 0 saturated carbocycles. The van der Waals surface area contributed by atoms with E-state index in [2.05, 4.69) is 4.74 Å². The van der Waals surface area contributed by atoms with Gasteiger partial charge in [0, 0.05) is 0 Å². The normalized spacial score (nSPS) is 15.8. The lowest BCUT2D eigenvalue weighted by Gasteiger charge is -2.09. The van der Waals surface area contributed by atoms with E-state index in [9.17, 15) is 19.5 Å². The van der Waals surface area contributed by atoms with E-state index in [0.29, 0.717) is 5.56 Å². The first-order chi connectivity index (χ1) is 12.4. The lowest BCUT2D eigenvalue weighted by Crippen LogP contribution is -2.27. The number of carbonyl (C=O) groups is 3. The van der Waals surface area contributed by atoms with Gasteiger partial charge in [0.25, 0.3) is 11.1 Å². The summed E-state index contributed by atoms with van der Waals surface area (Å²) in [5.41, 5.74) is 0.573. The van der Waals surface area contributed by atoms with Crippen molar-refractivity contribution in [1.82, 2.24) is 4.90 Å². The lowest BCUT2D eigenvalue weighted by molar-refractivity contribution is -0.123. The van der Waals surface area contributed by atoms with Crippen LogP contribution in [-0.2, 0) is 16.1 Å². The molecular weight excluding hydrogens is 382 g/mol. The molecule has 2 amide bonds. The fraction of sp³-hybridized carbons (Fsp3) is 0.118. The van der Waals surface area contributed by atoms with Gasteiger partial charge in [0.2, 0.25) is 5.76 Å². The lowest BCUT2D eigenvalue weighted by atomic mass is 10.2. The molecule has 0 unspecified atom stereocenters. The molecule has 0 atom stereocenters. The van der Waals surface area contributed by atoms with Crippen LogP contribution in [0.25, 0.3) is 6.08 Å². The molecule has 2 heterocycles. The highest BCUT2D eigenvalue weighted by Gasteiger charge is 2.35. The third kappa shape index (κ3) is 3.61. The third-order valence-electron chi connectivity index (χ3n) is 3.51. The largest absolute Gasteiger partial charge is 0.506 e. The molecule has 0 aliphatic carbocycles. The first-order valence-electron chi connectivity index (χ1n) is 7.30. The second kappa shape index (κ2) is 7.27.